The lowest BCUT2D eigenvalue weighted by Crippen LogP contribution is -2.31. The molecule has 0 aliphatic carbocycles. The Morgan fingerprint density at radius 1 is 1.22 bits per heavy atom. The Labute approximate surface area is 160 Å². The van der Waals surface area contributed by atoms with E-state index in [1.807, 2.05) is 0 Å². The molecule has 9 heteroatoms. The minimum Gasteiger partial charge on any atom is -0.490 e. The first-order valence-electron chi connectivity index (χ1n) is 7.86. The van der Waals surface area contributed by atoms with Crippen molar-refractivity contribution in [2.24, 2.45) is 0 Å². The van der Waals surface area contributed by atoms with Gasteiger partial charge in [0, 0.05) is 11.1 Å². The predicted molar refractivity (Wildman–Crippen MR) is 97.9 cm³/mol. The SMILES string of the molecule is COc1ccc(C(=O)OCC(=O)N[C@H](C)c2ccc(Cl)cc2)cc1[N+](=O)[O-]. The van der Waals surface area contributed by atoms with Crippen molar-refractivity contribution in [3.8, 4) is 5.75 Å². The summed E-state index contributed by atoms with van der Waals surface area (Å²) in [5.74, 6) is -1.34. The number of hydrogen-bond acceptors (Lipinski definition) is 6. The van der Waals surface area contributed by atoms with Gasteiger partial charge in [0.05, 0.1) is 23.6 Å². The van der Waals surface area contributed by atoms with Gasteiger partial charge in [0.1, 0.15) is 0 Å². The van der Waals surface area contributed by atoms with Crippen LogP contribution in [-0.4, -0.2) is 30.5 Å². The van der Waals surface area contributed by atoms with Crippen molar-refractivity contribution in [1.29, 1.82) is 0 Å². The number of benzene rings is 2. The van der Waals surface area contributed by atoms with Crippen molar-refractivity contribution in [3.63, 3.8) is 0 Å². The number of hydrogen-bond donors (Lipinski definition) is 1. The molecule has 0 unspecified atom stereocenters. The van der Waals surface area contributed by atoms with Crippen molar-refractivity contribution >= 4 is 29.2 Å². The van der Waals surface area contributed by atoms with E-state index >= 15 is 0 Å². The van der Waals surface area contributed by atoms with Crippen LogP contribution in [0.4, 0.5) is 5.69 Å². The van der Waals surface area contributed by atoms with Crippen LogP contribution in [0.5, 0.6) is 5.75 Å². The molecule has 2 aromatic carbocycles. The van der Waals surface area contributed by atoms with Gasteiger partial charge in [-0.1, -0.05) is 23.7 Å². The van der Waals surface area contributed by atoms with Gasteiger partial charge in [-0.3, -0.25) is 14.9 Å². The van der Waals surface area contributed by atoms with Crippen LogP contribution < -0.4 is 10.1 Å². The lowest BCUT2D eigenvalue weighted by Gasteiger charge is -2.14. The Bertz CT molecular complexity index is 853. The highest BCUT2D eigenvalue weighted by Gasteiger charge is 2.20. The number of amides is 1. The first-order chi connectivity index (χ1) is 12.8. The number of nitrogens with zero attached hydrogens (tertiary/aromatic N) is 1. The molecule has 0 radical (unpaired) electrons. The summed E-state index contributed by atoms with van der Waals surface area (Å²) in [6, 6.07) is 10.3. The number of carbonyl (C=O) groups excluding carboxylic acids is 2. The van der Waals surface area contributed by atoms with Crippen molar-refractivity contribution in [2.45, 2.75) is 13.0 Å². The van der Waals surface area contributed by atoms with Gasteiger partial charge >= 0.3 is 11.7 Å². The molecule has 0 bridgehead atoms. The highest BCUT2D eigenvalue weighted by Crippen LogP contribution is 2.27. The summed E-state index contributed by atoms with van der Waals surface area (Å²) in [6.45, 7) is 1.26. The average molecular weight is 393 g/mol. The molecule has 1 N–H and O–H groups in total. The molecule has 1 atom stereocenters. The van der Waals surface area contributed by atoms with Gasteiger partial charge in [0.2, 0.25) is 0 Å². The lowest BCUT2D eigenvalue weighted by atomic mass is 10.1. The van der Waals surface area contributed by atoms with Crippen LogP contribution in [0.1, 0.15) is 28.9 Å². The van der Waals surface area contributed by atoms with Gasteiger partial charge in [-0.05, 0) is 36.8 Å². The number of nitrogens with one attached hydrogen (secondary N) is 1. The van der Waals surface area contributed by atoms with Gasteiger partial charge in [-0.15, -0.1) is 0 Å². The third-order valence-electron chi connectivity index (χ3n) is 3.69. The molecule has 0 fully saturated rings. The molecular formula is C18H17ClN2O6. The third kappa shape index (κ3) is 5.42. The van der Waals surface area contributed by atoms with E-state index in [9.17, 15) is 19.7 Å². The topological polar surface area (TPSA) is 108 Å². The zero-order valence-corrected chi connectivity index (χ0v) is 15.4. The predicted octanol–water partition coefficient (Wildman–Crippen LogP) is 3.29. The number of methoxy groups -OCH3 is 1. The minimum absolute atomic E-state index is 0.0195. The number of carbonyl (C=O) groups is 2. The largest absolute Gasteiger partial charge is 0.490 e. The fourth-order valence-corrected chi connectivity index (χ4v) is 2.42. The van der Waals surface area contributed by atoms with Crippen LogP contribution in [0.15, 0.2) is 42.5 Å². The van der Waals surface area contributed by atoms with Gasteiger partial charge in [-0.25, -0.2) is 4.79 Å². The number of rotatable bonds is 7. The first kappa shape index (κ1) is 20.2. The van der Waals surface area contributed by atoms with Crippen LogP contribution in [-0.2, 0) is 9.53 Å². The van der Waals surface area contributed by atoms with E-state index in [0.29, 0.717) is 5.02 Å². The van der Waals surface area contributed by atoms with Crippen molar-refractivity contribution in [1.82, 2.24) is 5.32 Å². The fourth-order valence-electron chi connectivity index (χ4n) is 2.29. The van der Waals surface area contributed by atoms with E-state index in [0.717, 1.165) is 11.6 Å². The number of nitro benzene ring substituents is 1. The van der Waals surface area contributed by atoms with Crippen LogP contribution in [0.25, 0.3) is 0 Å². The normalized spacial score (nSPS) is 11.4. The zero-order valence-electron chi connectivity index (χ0n) is 14.6. The first-order valence-corrected chi connectivity index (χ1v) is 8.24. The van der Waals surface area contributed by atoms with Crippen LogP contribution in [0, 0.1) is 10.1 Å². The molecule has 0 spiro atoms. The quantitative estimate of drug-likeness (QED) is 0.440. The Morgan fingerprint density at radius 3 is 2.48 bits per heavy atom. The molecule has 8 nitrogen and oxygen atoms in total. The van der Waals surface area contributed by atoms with E-state index in [4.69, 9.17) is 21.1 Å². The second kappa shape index (κ2) is 9.00. The molecule has 0 heterocycles. The van der Waals surface area contributed by atoms with E-state index < -0.39 is 23.4 Å². The Morgan fingerprint density at radius 2 is 1.89 bits per heavy atom. The summed E-state index contributed by atoms with van der Waals surface area (Å²) in [5.41, 5.74) is 0.415. The summed E-state index contributed by atoms with van der Waals surface area (Å²) in [7, 11) is 1.28. The van der Waals surface area contributed by atoms with E-state index in [-0.39, 0.29) is 23.0 Å². The summed E-state index contributed by atoms with van der Waals surface area (Å²) in [5, 5.41) is 14.3. The van der Waals surface area contributed by atoms with E-state index in [1.54, 1.807) is 31.2 Å². The Balaban J connectivity index is 1.94. The third-order valence-corrected chi connectivity index (χ3v) is 3.95. The lowest BCUT2D eigenvalue weighted by molar-refractivity contribution is -0.385. The molecule has 1 amide bonds. The molecule has 142 valence electrons. The van der Waals surface area contributed by atoms with Gasteiger partial charge in [0.25, 0.3) is 5.91 Å². The van der Waals surface area contributed by atoms with E-state index in [1.165, 1.54) is 19.2 Å². The fraction of sp³-hybridized carbons (Fsp3) is 0.222. The molecule has 0 aromatic heterocycles. The Hall–Kier alpha value is -3.13. The maximum absolute atomic E-state index is 12.0. The maximum atomic E-state index is 12.0. The molecule has 2 aromatic rings. The number of ether oxygens (including phenoxy) is 2. The standard InChI is InChI=1S/C18H17ClN2O6/c1-11(12-3-6-14(19)7-4-12)20-17(22)10-27-18(23)13-5-8-16(26-2)15(9-13)21(24)25/h3-9,11H,10H2,1-2H3,(H,20,22)/t11-/m1/s1. The molecule has 27 heavy (non-hydrogen) atoms. The number of esters is 1. The molecule has 0 saturated heterocycles. The molecule has 0 aliphatic heterocycles. The van der Waals surface area contributed by atoms with Crippen LogP contribution >= 0.6 is 11.6 Å². The van der Waals surface area contributed by atoms with Crippen LogP contribution in [0.2, 0.25) is 5.02 Å². The van der Waals surface area contributed by atoms with Crippen molar-refractivity contribution < 1.29 is 24.0 Å². The van der Waals surface area contributed by atoms with Gasteiger partial charge in [0.15, 0.2) is 12.4 Å². The highest BCUT2D eigenvalue weighted by atomic mass is 35.5. The van der Waals surface area contributed by atoms with Gasteiger partial charge in [-0.2, -0.15) is 0 Å². The van der Waals surface area contributed by atoms with E-state index in [2.05, 4.69) is 5.32 Å². The highest BCUT2D eigenvalue weighted by molar-refractivity contribution is 6.30. The second-order valence-electron chi connectivity index (χ2n) is 5.56. The van der Waals surface area contributed by atoms with Crippen molar-refractivity contribution in [2.75, 3.05) is 13.7 Å². The second-order valence-corrected chi connectivity index (χ2v) is 6.00. The smallest absolute Gasteiger partial charge is 0.338 e. The summed E-state index contributed by atoms with van der Waals surface area (Å²) < 4.78 is 9.79. The number of nitro groups is 1. The monoisotopic (exact) mass is 392 g/mol. The summed E-state index contributed by atoms with van der Waals surface area (Å²) >= 11 is 5.82. The van der Waals surface area contributed by atoms with Gasteiger partial charge < -0.3 is 14.8 Å². The zero-order chi connectivity index (χ0) is 20.0. The molecule has 0 saturated carbocycles. The van der Waals surface area contributed by atoms with Crippen molar-refractivity contribution in [3.05, 3.63) is 68.7 Å². The average Bonchev–Trinajstić information content (AvgIpc) is 2.65. The Kier molecular flexibility index (Phi) is 6.73. The summed E-state index contributed by atoms with van der Waals surface area (Å²) in [4.78, 5) is 34.3. The summed E-state index contributed by atoms with van der Waals surface area (Å²) in [6.07, 6.45) is 0. The molecule has 2 rings (SSSR count). The minimum atomic E-state index is -0.852. The molecule has 0 aliphatic rings. The van der Waals surface area contributed by atoms with Crippen LogP contribution in [0.3, 0.4) is 0 Å². The molecular weight excluding hydrogens is 376 g/mol. The maximum Gasteiger partial charge on any atom is 0.338 e. The number of halogens is 1.